The van der Waals surface area contributed by atoms with Gasteiger partial charge in [-0.1, -0.05) is 0 Å². The van der Waals surface area contributed by atoms with Gasteiger partial charge in [0.2, 0.25) is 0 Å². The third kappa shape index (κ3) is 1.70. The quantitative estimate of drug-likeness (QED) is 0.723. The van der Waals surface area contributed by atoms with Crippen LogP contribution in [0, 0.1) is 11.8 Å². The molecule has 3 rings (SSSR count). The second-order valence-electron chi connectivity index (χ2n) is 5.82. The van der Waals surface area contributed by atoms with Crippen molar-refractivity contribution in [2.24, 2.45) is 17.6 Å². The van der Waals surface area contributed by atoms with E-state index in [4.69, 9.17) is 5.73 Å². The van der Waals surface area contributed by atoms with Gasteiger partial charge in [-0.05, 0) is 63.5 Å². The minimum absolute atomic E-state index is 0.282. The summed E-state index contributed by atoms with van der Waals surface area (Å²) in [6, 6.07) is 0. The zero-order chi connectivity index (χ0) is 9.60. The third-order valence-electron chi connectivity index (χ3n) is 4.59. The molecule has 0 spiro atoms. The summed E-state index contributed by atoms with van der Waals surface area (Å²) in [5, 5.41) is 0. The van der Waals surface area contributed by atoms with Crippen molar-refractivity contribution in [2.45, 2.75) is 44.1 Å². The lowest BCUT2D eigenvalue weighted by atomic mass is 9.76. The Hall–Kier alpha value is -0.0800. The number of nitrogens with zero attached hydrogens (tertiary/aromatic N) is 1. The van der Waals surface area contributed by atoms with Crippen LogP contribution in [0.1, 0.15) is 38.5 Å². The molecule has 2 saturated heterocycles. The lowest BCUT2D eigenvalue weighted by molar-refractivity contribution is 0.0652. The molecule has 2 heteroatoms. The van der Waals surface area contributed by atoms with Gasteiger partial charge in [-0.15, -0.1) is 0 Å². The highest BCUT2D eigenvalue weighted by Crippen LogP contribution is 2.43. The van der Waals surface area contributed by atoms with Crippen LogP contribution < -0.4 is 5.73 Å². The molecule has 3 aliphatic rings. The molecule has 3 unspecified atom stereocenters. The Morgan fingerprint density at radius 2 is 2.07 bits per heavy atom. The molecular formula is C12H22N2. The first kappa shape index (κ1) is 9.17. The summed E-state index contributed by atoms with van der Waals surface area (Å²) >= 11 is 0. The fourth-order valence-electron chi connectivity index (χ4n) is 3.42. The van der Waals surface area contributed by atoms with Crippen LogP contribution >= 0.6 is 0 Å². The monoisotopic (exact) mass is 194 g/mol. The van der Waals surface area contributed by atoms with Gasteiger partial charge in [0.1, 0.15) is 0 Å². The molecule has 2 aliphatic heterocycles. The van der Waals surface area contributed by atoms with Gasteiger partial charge in [-0.25, -0.2) is 0 Å². The summed E-state index contributed by atoms with van der Waals surface area (Å²) in [5.41, 5.74) is 6.52. The van der Waals surface area contributed by atoms with Gasteiger partial charge in [-0.2, -0.15) is 0 Å². The first-order valence-corrected chi connectivity index (χ1v) is 6.26. The molecule has 0 aromatic carbocycles. The van der Waals surface area contributed by atoms with E-state index >= 15 is 0 Å². The lowest BCUT2D eigenvalue weighted by Crippen LogP contribution is -2.46. The highest BCUT2D eigenvalue weighted by molar-refractivity contribution is 5.01. The number of hydrogen-bond acceptors (Lipinski definition) is 2. The van der Waals surface area contributed by atoms with E-state index in [1.165, 1.54) is 58.2 Å². The van der Waals surface area contributed by atoms with Crippen LogP contribution in [-0.4, -0.2) is 30.1 Å². The van der Waals surface area contributed by atoms with Crippen LogP contribution in [0.25, 0.3) is 0 Å². The van der Waals surface area contributed by atoms with Crippen LogP contribution in [0.15, 0.2) is 0 Å². The van der Waals surface area contributed by atoms with E-state index in [0.29, 0.717) is 0 Å². The molecule has 2 nitrogen and oxygen atoms in total. The summed E-state index contributed by atoms with van der Waals surface area (Å²) < 4.78 is 0. The maximum Gasteiger partial charge on any atom is 0.0158 e. The summed E-state index contributed by atoms with van der Waals surface area (Å²) in [4.78, 5) is 2.65. The number of fused-ring (bicyclic) bond motifs is 2. The lowest BCUT2D eigenvalue weighted by Gasteiger charge is -2.43. The van der Waals surface area contributed by atoms with Crippen molar-refractivity contribution in [1.82, 2.24) is 4.90 Å². The minimum atomic E-state index is 0.282. The summed E-state index contributed by atoms with van der Waals surface area (Å²) in [5.74, 6) is 1.94. The van der Waals surface area contributed by atoms with E-state index in [-0.39, 0.29) is 5.54 Å². The van der Waals surface area contributed by atoms with Crippen molar-refractivity contribution >= 4 is 0 Å². The van der Waals surface area contributed by atoms with Crippen LogP contribution in [0.2, 0.25) is 0 Å². The average molecular weight is 194 g/mol. The molecule has 80 valence electrons. The second-order valence-corrected chi connectivity index (χ2v) is 5.82. The molecule has 2 N–H and O–H groups in total. The number of hydrogen-bond donors (Lipinski definition) is 1. The Morgan fingerprint density at radius 3 is 2.86 bits per heavy atom. The van der Waals surface area contributed by atoms with E-state index in [2.05, 4.69) is 4.90 Å². The van der Waals surface area contributed by atoms with E-state index in [1.807, 2.05) is 0 Å². The Kier molecular flexibility index (Phi) is 2.10. The molecule has 3 fully saturated rings. The molecule has 1 aliphatic carbocycles. The van der Waals surface area contributed by atoms with Crippen LogP contribution in [0.5, 0.6) is 0 Å². The molecule has 14 heavy (non-hydrogen) atoms. The number of nitrogens with two attached hydrogens (primary N) is 1. The Labute approximate surface area is 86.8 Å². The van der Waals surface area contributed by atoms with Gasteiger partial charge in [0.25, 0.3) is 0 Å². The van der Waals surface area contributed by atoms with Crippen LogP contribution in [0.3, 0.4) is 0 Å². The van der Waals surface area contributed by atoms with E-state index in [0.717, 1.165) is 11.8 Å². The van der Waals surface area contributed by atoms with E-state index in [9.17, 15) is 0 Å². The molecule has 0 radical (unpaired) electrons. The summed E-state index contributed by atoms with van der Waals surface area (Å²) in [6.07, 6.45) is 8.23. The molecule has 0 aromatic heterocycles. The van der Waals surface area contributed by atoms with Gasteiger partial charge >= 0.3 is 0 Å². The Morgan fingerprint density at radius 1 is 1.21 bits per heavy atom. The highest BCUT2D eigenvalue weighted by atomic mass is 15.1. The van der Waals surface area contributed by atoms with Gasteiger partial charge in [-0.3, -0.25) is 0 Å². The predicted octanol–water partition coefficient (Wildman–Crippen LogP) is 1.60. The van der Waals surface area contributed by atoms with Crippen molar-refractivity contribution in [1.29, 1.82) is 0 Å². The van der Waals surface area contributed by atoms with Crippen molar-refractivity contribution < 1.29 is 0 Å². The van der Waals surface area contributed by atoms with E-state index < -0.39 is 0 Å². The fourth-order valence-corrected chi connectivity index (χ4v) is 3.42. The first-order valence-electron chi connectivity index (χ1n) is 6.26. The largest absolute Gasteiger partial charge is 0.325 e. The topological polar surface area (TPSA) is 29.3 Å². The van der Waals surface area contributed by atoms with Crippen molar-refractivity contribution in [3.63, 3.8) is 0 Å². The fraction of sp³-hybridized carbons (Fsp3) is 1.00. The molecule has 3 atom stereocenters. The van der Waals surface area contributed by atoms with Gasteiger partial charge in [0.05, 0.1) is 0 Å². The maximum absolute atomic E-state index is 6.23. The second kappa shape index (κ2) is 3.21. The first-order chi connectivity index (χ1) is 6.75. The standard InChI is InChI=1S/C12H22N2/c13-12(4-5-12)8-10-3-7-14-6-1-2-11(10)9-14/h10-11H,1-9,13H2. The summed E-state index contributed by atoms with van der Waals surface area (Å²) in [6.45, 7) is 4.08. The summed E-state index contributed by atoms with van der Waals surface area (Å²) in [7, 11) is 0. The number of piperidine rings is 2. The zero-order valence-electron chi connectivity index (χ0n) is 9.04. The highest BCUT2D eigenvalue weighted by Gasteiger charge is 2.43. The molecule has 0 amide bonds. The minimum Gasteiger partial charge on any atom is -0.325 e. The van der Waals surface area contributed by atoms with Crippen LogP contribution in [-0.2, 0) is 0 Å². The number of rotatable bonds is 2. The smallest absolute Gasteiger partial charge is 0.0158 e. The predicted molar refractivity (Wildman–Crippen MR) is 58.0 cm³/mol. The normalized spacial score (nSPS) is 44.8. The zero-order valence-corrected chi connectivity index (χ0v) is 9.04. The van der Waals surface area contributed by atoms with Gasteiger partial charge in [0.15, 0.2) is 0 Å². The van der Waals surface area contributed by atoms with Crippen molar-refractivity contribution in [3.8, 4) is 0 Å². The van der Waals surface area contributed by atoms with Gasteiger partial charge in [0, 0.05) is 12.1 Å². The Balaban J connectivity index is 1.62. The van der Waals surface area contributed by atoms with Crippen molar-refractivity contribution in [2.75, 3.05) is 19.6 Å². The third-order valence-corrected chi connectivity index (χ3v) is 4.59. The molecule has 2 bridgehead atoms. The van der Waals surface area contributed by atoms with Crippen LogP contribution in [0.4, 0.5) is 0 Å². The molecular weight excluding hydrogens is 172 g/mol. The molecule has 0 aromatic rings. The molecule has 1 saturated carbocycles. The van der Waals surface area contributed by atoms with Crippen molar-refractivity contribution in [3.05, 3.63) is 0 Å². The maximum atomic E-state index is 6.23. The van der Waals surface area contributed by atoms with Gasteiger partial charge < -0.3 is 10.6 Å². The Bertz CT molecular complexity index is 222. The SMILES string of the molecule is NC1(CC2CCN3CCCC2C3)CC1. The average Bonchev–Trinajstić information content (AvgIpc) is 2.90. The molecule has 2 heterocycles. The van der Waals surface area contributed by atoms with E-state index in [1.54, 1.807) is 0 Å².